The van der Waals surface area contributed by atoms with Crippen LogP contribution in [-0.4, -0.2) is 41.9 Å². The molecule has 0 unspecified atom stereocenters. The summed E-state index contributed by atoms with van der Waals surface area (Å²) in [7, 11) is 0.110. The van der Waals surface area contributed by atoms with Gasteiger partial charge >= 0.3 is 0 Å². The number of hydrogen-bond acceptors (Lipinski definition) is 2. The van der Waals surface area contributed by atoms with Crippen molar-refractivity contribution in [2.24, 2.45) is 0 Å². The van der Waals surface area contributed by atoms with Gasteiger partial charge in [0.05, 0.1) is 0 Å². The van der Waals surface area contributed by atoms with Crippen LogP contribution in [0.25, 0.3) is 0 Å². The van der Waals surface area contributed by atoms with E-state index in [1.54, 1.807) is 0 Å². The number of aliphatic hydroxyl groups excluding tert-OH is 2. The number of hydrogen-bond donors (Lipinski definition) is 2. The van der Waals surface area contributed by atoms with Gasteiger partial charge in [-0.1, -0.05) is 6.92 Å². The first-order chi connectivity index (χ1) is 5.35. The molecule has 2 nitrogen and oxygen atoms in total. The summed E-state index contributed by atoms with van der Waals surface area (Å²) in [4.78, 5) is 0. The van der Waals surface area contributed by atoms with E-state index < -0.39 is 0 Å². The molecule has 0 bridgehead atoms. The molecule has 68 valence electrons. The normalized spacial score (nSPS) is 10.9. The molecule has 0 rings (SSSR count). The Labute approximate surface area is 70.4 Å². The van der Waals surface area contributed by atoms with Crippen LogP contribution in [0, 0.1) is 0 Å². The summed E-state index contributed by atoms with van der Waals surface area (Å²) in [5, 5.41) is 17.2. The van der Waals surface area contributed by atoms with Crippen molar-refractivity contribution in [1.82, 2.24) is 0 Å². The van der Waals surface area contributed by atoms with Crippen molar-refractivity contribution in [3.63, 3.8) is 0 Å². The first-order valence-corrected chi connectivity index (χ1v) is 6.19. The monoisotopic (exact) mass is 178 g/mol. The van der Waals surface area contributed by atoms with Crippen molar-refractivity contribution in [2.75, 3.05) is 31.7 Å². The average molecular weight is 178 g/mol. The van der Waals surface area contributed by atoms with Gasteiger partial charge in [-0.2, -0.15) is 0 Å². The molecule has 0 fully saturated rings. The zero-order valence-corrected chi connectivity index (χ0v) is 8.19. The summed E-state index contributed by atoms with van der Waals surface area (Å²) in [5.41, 5.74) is 0. The second kappa shape index (κ2) is 8.45. The molecular formula is C8H19O2P. The SMILES string of the molecule is CCP(CCCO)CCCO. The van der Waals surface area contributed by atoms with E-state index in [0.717, 1.165) is 12.8 Å². The van der Waals surface area contributed by atoms with Crippen LogP contribution in [0.3, 0.4) is 0 Å². The van der Waals surface area contributed by atoms with E-state index in [9.17, 15) is 0 Å². The Kier molecular flexibility index (Phi) is 8.72. The lowest BCUT2D eigenvalue weighted by Gasteiger charge is -2.13. The predicted molar refractivity (Wildman–Crippen MR) is 50.6 cm³/mol. The topological polar surface area (TPSA) is 40.5 Å². The van der Waals surface area contributed by atoms with Crippen molar-refractivity contribution >= 4 is 7.92 Å². The van der Waals surface area contributed by atoms with Crippen LogP contribution in [-0.2, 0) is 0 Å². The first kappa shape index (κ1) is 11.4. The van der Waals surface area contributed by atoms with Gasteiger partial charge in [-0.25, -0.2) is 0 Å². The van der Waals surface area contributed by atoms with Crippen molar-refractivity contribution in [3.05, 3.63) is 0 Å². The summed E-state index contributed by atoms with van der Waals surface area (Å²) in [6.07, 6.45) is 5.44. The molecule has 0 heterocycles. The molecule has 0 radical (unpaired) electrons. The smallest absolute Gasteiger partial charge is 0.0434 e. The minimum absolute atomic E-state index is 0.110. The molecule has 0 aromatic rings. The molecule has 0 aliphatic rings. The van der Waals surface area contributed by atoms with Crippen molar-refractivity contribution in [3.8, 4) is 0 Å². The van der Waals surface area contributed by atoms with Crippen LogP contribution < -0.4 is 0 Å². The molecule has 0 atom stereocenters. The Bertz CT molecular complexity index is 70.5. The third-order valence-electron chi connectivity index (χ3n) is 1.71. The Balaban J connectivity index is 3.25. The maximum Gasteiger partial charge on any atom is 0.0434 e. The van der Waals surface area contributed by atoms with Crippen LogP contribution in [0.5, 0.6) is 0 Å². The van der Waals surface area contributed by atoms with Gasteiger partial charge in [-0.3, -0.25) is 0 Å². The summed E-state index contributed by atoms with van der Waals surface area (Å²) < 4.78 is 0. The average Bonchev–Trinajstić information content (AvgIpc) is 2.05. The zero-order chi connectivity index (χ0) is 8.53. The van der Waals surface area contributed by atoms with E-state index in [1.807, 2.05) is 0 Å². The third kappa shape index (κ3) is 6.74. The van der Waals surface area contributed by atoms with Gasteiger partial charge in [0.2, 0.25) is 0 Å². The van der Waals surface area contributed by atoms with Gasteiger partial charge in [0.15, 0.2) is 0 Å². The summed E-state index contributed by atoms with van der Waals surface area (Å²) in [6, 6.07) is 0. The lowest BCUT2D eigenvalue weighted by atomic mass is 10.5. The van der Waals surface area contributed by atoms with Gasteiger partial charge < -0.3 is 10.2 Å². The summed E-state index contributed by atoms with van der Waals surface area (Å²) in [6.45, 7) is 2.83. The fraction of sp³-hybridized carbons (Fsp3) is 1.00. The third-order valence-corrected chi connectivity index (χ3v) is 4.50. The van der Waals surface area contributed by atoms with Crippen LogP contribution in [0.2, 0.25) is 0 Å². The van der Waals surface area contributed by atoms with Crippen LogP contribution in [0.1, 0.15) is 19.8 Å². The van der Waals surface area contributed by atoms with E-state index >= 15 is 0 Å². The van der Waals surface area contributed by atoms with Crippen molar-refractivity contribution in [1.29, 1.82) is 0 Å². The van der Waals surface area contributed by atoms with Crippen molar-refractivity contribution < 1.29 is 10.2 Å². The quantitative estimate of drug-likeness (QED) is 0.576. The predicted octanol–water partition coefficient (Wildman–Crippen LogP) is 1.25. The Hall–Kier alpha value is 0.350. The van der Waals surface area contributed by atoms with Gasteiger partial charge in [0.1, 0.15) is 0 Å². The Morgan fingerprint density at radius 1 is 1.00 bits per heavy atom. The van der Waals surface area contributed by atoms with Crippen LogP contribution >= 0.6 is 7.92 Å². The lowest BCUT2D eigenvalue weighted by Crippen LogP contribution is -1.97. The Morgan fingerprint density at radius 3 is 1.73 bits per heavy atom. The summed E-state index contributed by atoms with van der Waals surface area (Å²) >= 11 is 0. The molecule has 0 saturated heterocycles. The fourth-order valence-corrected chi connectivity index (χ4v) is 3.05. The Morgan fingerprint density at radius 2 is 1.45 bits per heavy atom. The van der Waals surface area contributed by atoms with Gasteiger partial charge in [-0.15, -0.1) is 7.92 Å². The zero-order valence-electron chi connectivity index (χ0n) is 7.29. The maximum absolute atomic E-state index is 8.60. The maximum atomic E-state index is 8.60. The molecule has 0 aromatic heterocycles. The second-order valence-electron chi connectivity index (χ2n) is 2.59. The van der Waals surface area contributed by atoms with E-state index in [2.05, 4.69) is 6.92 Å². The number of aliphatic hydroxyl groups is 2. The minimum Gasteiger partial charge on any atom is -0.396 e. The molecular weight excluding hydrogens is 159 g/mol. The highest BCUT2D eigenvalue weighted by Gasteiger charge is 2.03. The molecule has 3 heteroatoms. The van der Waals surface area contributed by atoms with Crippen LogP contribution in [0.4, 0.5) is 0 Å². The van der Waals surface area contributed by atoms with E-state index in [4.69, 9.17) is 10.2 Å². The highest BCUT2D eigenvalue weighted by Crippen LogP contribution is 2.35. The lowest BCUT2D eigenvalue weighted by molar-refractivity contribution is 0.294. The molecule has 11 heavy (non-hydrogen) atoms. The molecule has 0 spiro atoms. The first-order valence-electron chi connectivity index (χ1n) is 4.29. The highest BCUT2D eigenvalue weighted by molar-refractivity contribution is 7.57. The largest absolute Gasteiger partial charge is 0.396 e. The molecule has 0 amide bonds. The summed E-state index contributed by atoms with van der Waals surface area (Å²) in [5.74, 6) is 0. The molecule has 0 saturated carbocycles. The van der Waals surface area contributed by atoms with Crippen molar-refractivity contribution in [2.45, 2.75) is 19.8 Å². The van der Waals surface area contributed by atoms with E-state index in [0.29, 0.717) is 13.2 Å². The second-order valence-corrected chi connectivity index (χ2v) is 5.46. The minimum atomic E-state index is 0.110. The molecule has 0 aliphatic carbocycles. The van der Waals surface area contributed by atoms with E-state index in [1.165, 1.54) is 18.5 Å². The number of rotatable bonds is 7. The molecule has 2 N–H and O–H groups in total. The standard InChI is InChI=1S/C8H19O2P/c1-2-11(7-3-5-9)8-4-6-10/h9-10H,2-8H2,1H3. The fourth-order valence-electron chi connectivity index (χ4n) is 1.02. The van der Waals surface area contributed by atoms with E-state index in [-0.39, 0.29) is 7.92 Å². The van der Waals surface area contributed by atoms with Gasteiger partial charge in [0, 0.05) is 13.2 Å². The molecule has 0 aliphatic heterocycles. The molecule has 0 aromatic carbocycles. The van der Waals surface area contributed by atoms with Gasteiger partial charge in [0.25, 0.3) is 0 Å². The van der Waals surface area contributed by atoms with Crippen LogP contribution in [0.15, 0.2) is 0 Å². The van der Waals surface area contributed by atoms with Gasteiger partial charge in [-0.05, 0) is 31.3 Å². The highest BCUT2D eigenvalue weighted by atomic mass is 31.1.